The molecule has 0 amide bonds. The molecule has 112 valence electrons. The standard InChI is InChI=1S/C15H22I2N2O/c1-10(2)19-4-3-11(9-19)7-18-8-12-5-13(16)6-14(17)15(12)20/h5-6,10-11,18,20H,3-4,7-9H2,1-2H3. The van der Waals surface area contributed by atoms with E-state index >= 15 is 0 Å². The highest BCUT2D eigenvalue weighted by Crippen LogP contribution is 2.27. The van der Waals surface area contributed by atoms with Gasteiger partial charge in [0.2, 0.25) is 0 Å². The molecule has 1 aliphatic rings. The summed E-state index contributed by atoms with van der Waals surface area (Å²) in [5.41, 5.74) is 1.00. The lowest BCUT2D eigenvalue weighted by Gasteiger charge is -2.20. The molecule has 0 aliphatic carbocycles. The van der Waals surface area contributed by atoms with Crippen LogP contribution in [0.5, 0.6) is 5.75 Å². The summed E-state index contributed by atoms with van der Waals surface area (Å²) < 4.78 is 2.10. The topological polar surface area (TPSA) is 35.5 Å². The number of phenols is 1. The van der Waals surface area contributed by atoms with Crippen molar-refractivity contribution in [3.63, 3.8) is 0 Å². The van der Waals surface area contributed by atoms with Crippen molar-refractivity contribution in [1.82, 2.24) is 10.2 Å². The second-order valence-corrected chi connectivity index (χ2v) is 8.18. The average Bonchev–Trinajstić information content (AvgIpc) is 2.84. The molecule has 5 heteroatoms. The zero-order chi connectivity index (χ0) is 14.7. The van der Waals surface area contributed by atoms with Crippen LogP contribution in [0.25, 0.3) is 0 Å². The second kappa shape index (κ2) is 7.60. The molecule has 0 radical (unpaired) electrons. The van der Waals surface area contributed by atoms with Crippen molar-refractivity contribution >= 4 is 45.2 Å². The lowest BCUT2D eigenvalue weighted by Crippen LogP contribution is -2.30. The second-order valence-electron chi connectivity index (χ2n) is 5.77. The Hall–Kier alpha value is 0.400. The highest BCUT2D eigenvalue weighted by atomic mass is 127. The molecule has 1 heterocycles. The van der Waals surface area contributed by atoms with E-state index in [0.717, 1.165) is 28.1 Å². The van der Waals surface area contributed by atoms with Gasteiger partial charge in [0.25, 0.3) is 0 Å². The Morgan fingerprint density at radius 1 is 1.40 bits per heavy atom. The number of phenolic OH excluding ortho intramolecular Hbond substituents is 1. The van der Waals surface area contributed by atoms with Gasteiger partial charge in [-0.1, -0.05) is 0 Å². The molecule has 1 atom stereocenters. The normalized spacial score (nSPS) is 19.9. The number of rotatable bonds is 5. The van der Waals surface area contributed by atoms with Crippen LogP contribution in [0.3, 0.4) is 0 Å². The van der Waals surface area contributed by atoms with E-state index in [0.29, 0.717) is 11.8 Å². The van der Waals surface area contributed by atoms with Gasteiger partial charge in [0.1, 0.15) is 5.75 Å². The minimum absolute atomic E-state index is 0.425. The van der Waals surface area contributed by atoms with Gasteiger partial charge in [0.05, 0.1) is 3.57 Å². The van der Waals surface area contributed by atoms with Crippen molar-refractivity contribution in [2.75, 3.05) is 19.6 Å². The summed E-state index contributed by atoms with van der Waals surface area (Å²) in [7, 11) is 0. The summed E-state index contributed by atoms with van der Waals surface area (Å²) in [5, 5.41) is 13.6. The molecule has 2 N–H and O–H groups in total. The maximum absolute atomic E-state index is 10.1. The lowest BCUT2D eigenvalue weighted by molar-refractivity contribution is 0.264. The highest BCUT2D eigenvalue weighted by molar-refractivity contribution is 14.1. The van der Waals surface area contributed by atoms with Crippen molar-refractivity contribution < 1.29 is 5.11 Å². The van der Waals surface area contributed by atoms with Crippen LogP contribution >= 0.6 is 45.2 Å². The molecule has 20 heavy (non-hydrogen) atoms. The molecule has 0 saturated carbocycles. The Bertz CT molecular complexity index is 465. The molecule has 1 saturated heterocycles. The molecule has 1 aromatic carbocycles. The Kier molecular flexibility index (Phi) is 6.37. The minimum atomic E-state index is 0.425. The van der Waals surface area contributed by atoms with E-state index in [1.165, 1.54) is 23.1 Å². The third kappa shape index (κ3) is 4.45. The van der Waals surface area contributed by atoms with E-state index in [1.807, 2.05) is 6.07 Å². The van der Waals surface area contributed by atoms with E-state index in [4.69, 9.17) is 0 Å². The van der Waals surface area contributed by atoms with Gasteiger partial charge < -0.3 is 15.3 Å². The predicted octanol–water partition coefficient (Wildman–Crippen LogP) is 3.42. The Balaban J connectivity index is 1.82. The van der Waals surface area contributed by atoms with Crippen LogP contribution in [0.1, 0.15) is 25.8 Å². The highest BCUT2D eigenvalue weighted by Gasteiger charge is 2.23. The Morgan fingerprint density at radius 2 is 2.15 bits per heavy atom. The zero-order valence-corrected chi connectivity index (χ0v) is 16.3. The van der Waals surface area contributed by atoms with Gasteiger partial charge >= 0.3 is 0 Å². The van der Waals surface area contributed by atoms with E-state index < -0.39 is 0 Å². The molecule has 1 aromatic rings. The van der Waals surface area contributed by atoms with Crippen LogP contribution in [0.15, 0.2) is 12.1 Å². The van der Waals surface area contributed by atoms with Gasteiger partial charge in [-0.05, 0) is 96.6 Å². The zero-order valence-electron chi connectivity index (χ0n) is 12.0. The number of aromatic hydroxyl groups is 1. The Labute approximate surface area is 148 Å². The number of hydrogen-bond donors (Lipinski definition) is 2. The first kappa shape index (κ1) is 16.8. The number of likely N-dealkylation sites (tertiary alicyclic amines) is 1. The van der Waals surface area contributed by atoms with Gasteiger partial charge in [-0.25, -0.2) is 0 Å². The van der Waals surface area contributed by atoms with Crippen molar-refractivity contribution in [3.8, 4) is 5.75 Å². The van der Waals surface area contributed by atoms with Crippen LogP contribution in [0.4, 0.5) is 0 Å². The molecule has 2 rings (SSSR count). The predicted molar refractivity (Wildman–Crippen MR) is 100 cm³/mol. The van der Waals surface area contributed by atoms with E-state index in [1.54, 1.807) is 0 Å². The van der Waals surface area contributed by atoms with Gasteiger partial charge in [0, 0.05) is 28.3 Å². The fraction of sp³-hybridized carbons (Fsp3) is 0.600. The number of nitrogens with one attached hydrogen (secondary N) is 1. The number of halogens is 2. The number of benzene rings is 1. The van der Waals surface area contributed by atoms with Crippen molar-refractivity contribution in [2.24, 2.45) is 5.92 Å². The quantitative estimate of drug-likeness (QED) is 0.609. The fourth-order valence-corrected chi connectivity index (χ4v) is 4.63. The van der Waals surface area contributed by atoms with Crippen molar-refractivity contribution in [3.05, 3.63) is 24.8 Å². The minimum Gasteiger partial charge on any atom is -0.507 e. The molecule has 0 bridgehead atoms. The summed E-state index contributed by atoms with van der Waals surface area (Å²) in [4.78, 5) is 2.54. The summed E-state index contributed by atoms with van der Waals surface area (Å²) in [6, 6.07) is 4.71. The molecule has 1 fully saturated rings. The monoisotopic (exact) mass is 500 g/mol. The summed E-state index contributed by atoms with van der Waals surface area (Å²) in [6.07, 6.45) is 1.28. The largest absolute Gasteiger partial charge is 0.507 e. The van der Waals surface area contributed by atoms with E-state index in [-0.39, 0.29) is 0 Å². The molecular formula is C15H22I2N2O. The summed E-state index contributed by atoms with van der Waals surface area (Å²) >= 11 is 4.48. The molecular weight excluding hydrogens is 478 g/mol. The van der Waals surface area contributed by atoms with E-state index in [2.05, 4.69) is 75.3 Å². The van der Waals surface area contributed by atoms with Gasteiger partial charge in [-0.15, -0.1) is 0 Å². The van der Waals surface area contributed by atoms with Crippen LogP contribution in [0, 0.1) is 13.1 Å². The van der Waals surface area contributed by atoms with Crippen LogP contribution in [0.2, 0.25) is 0 Å². The maximum Gasteiger partial charge on any atom is 0.133 e. The van der Waals surface area contributed by atoms with Crippen molar-refractivity contribution in [2.45, 2.75) is 32.9 Å². The number of nitrogens with zero attached hydrogens (tertiary/aromatic N) is 1. The van der Waals surface area contributed by atoms with Gasteiger partial charge in [-0.2, -0.15) is 0 Å². The SMILES string of the molecule is CC(C)N1CCC(CNCc2cc(I)cc(I)c2O)C1. The molecule has 1 aliphatic heterocycles. The summed E-state index contributed by atoms with van der Waals surface area (Å²) in [6.45, 7) is 8.72. The van der Waals surface area contributed by atoms with E-state index in [9.17, 15) is 5.11 Å². The maximum atomic E-state index is 10.1. The summed E-state index contributed by atoms with van der Waals surface area (Å²) in [5.74, 6) is 1.16. The first-order valence-electron chi connectivity index (χ1n) is 7.09. The van der Waals surface area contributed by atoms with Crippen molar-refractivity contribution in [1.29, 1.82) is 0 Å². The average molecular weight is 500 g/mol. The Morgan fingerprint density at radius 3 is 2.80 bits per heavy atom. The molecule has 0 aromatic heterocycles. The fourth-order valence-electron chi connectivity index (χ4n) is 2.66. The lowest BCUT2D eigenvalue weighted by atomic mass is 10.1. The van der Waals surface area contributed by atoms with Crippen LogP contribution in [-0.4, -0.2) is 35.7 Å². The first-order valence-corrected chi connectivity index (χ1v) is 9.24. The first-order chi connectivity index (χ1) is 9.47. The molecule has 1 unspecified atom stereocenters. The molecule has 3 nitrogen and oxygen atoms in total. The third-order valence-corrected chi connectivity index (χ3v) is 5.35. The van der Waals surface area contributed by atoms with Gasteiger partial charge in [0.15, 0.2) is 0 Å². The van der Waals surface area contributed by atoms with Gasteiger partial charge in [-0.3, -0.25) is 0 Å². The third-order valence-electron chi connectivity index (χ3n) is 3.90. The number of hydrogen-bond acceptors (Lipinski definition) is 3. The smallest absolute Gasteiger partial charge is 0.133 e. The molecule has 0 spiro atoms. The van der Waals surface area contributed by atoms with Crippen LogP contribution in [-0.2, 0) is 6.54 Å². The van der Waals surface area contributed by atoms with Crippen LogP contribution < -0.4 is 5.32 Å².